The van der Waals surface area contributed by atoms with E-state index in [1.807, 2.05) is 19.1 Å². The largest absolute Gasteiger partial charge is 0.362 e. The van der Waals surface area contributed by atoms with E-state index in [0.29, 0.717) is 6.54 Å². The quantitative estimate of drug-likeness (QED) is 0.560. The minimum absolute atomic E-state index is 0.0212. The molecule has 0 saturated carbocycles. The lowest BCUT2D eigenvalue weighted by Crippen LogP contribution is -2.40. The van der Waals surface area contributed by atoms with Crippen molar-refractivity contribution in [2.45, 2.75) is 44.8 Å². The predicted octanol–water partition coefficient (Wildman–Crippen LogP) is 1.51. The van der Waals surface area contributed by atoms with E-state index in [0.717, 1.165) is 19.3 Å². The van der Waals surface area contributed by atoms with Crippen LogP contribution in [0, 0.1) is 11.8 Å². The Labute approximate surface area is 107 Å². The fourth-order valence-electron chi connectivity index (χ4n) is 3.51. The van der Waals surface area contributed by atoms with Crippen LogP contribution in [0.15, 0.2) is 12.2 Å². The minimum atomic E-state index is -0.511. The summed E-state index contributed by atoms with van der Waals surface area (Å²) in [5, 5.41) is 0. The van der Waals surface area contributed by atoms with Gasteiger partial charge in [0, 0.05) is 6.54 Å². The normalized spacial score (nSPS) is 41.0. The zero-order valence-corrected chi connectivity index (χ0v) is 10.9. The fourth-order valence-corrected chi connectivity index (χ4v) is 3.51. The van der Waals surface area contributed by atoms with Crippen molar-refractivity contribution < 1.29 is 14.3 Å². The van der Waals surface area contributed by atoms with Crippen molar-refractivity contribution >= 4 is 11.8 Å². The van der Waals surface area contributed by atoms with Crippen LogP contribution in [0.1, 0.15) is 33.1 Å². The van der Waals surface area contributed by atoms with Gasteiger partial charge in [-0.1, -0.05) is 32.4 Å². The van der Waals surface area contributed by atoms with Crippen molar-refractivity contribution in [1.29, 1.82) is 0 Å². The number of rotatable bonds is 4. The Kier molecular flexibility index (Phi) is 2.59. The number of unbranched alkanes of at least 4 members (excludes halogenated alkanes) is 1. The van der Waals surface area contributed by atoms with Gasteiger partial charge in [-0.2, -0.15) is 0 Å². The SMILES string of the molecule is CCCCN1C(=O)C2C3C=CC(CC)(O3)C2C1=O. The third-order valence-corrected chi connectivity index (χ3v) is 4.53. The Hall–Kier alpha value is -1.16. The molecule has 0 aromatic carbocycles. The molecule has 0 aromatic rings. The van der Waals surface area contributed by atoms with Crippen LogP contribution in [0.25, 0.3) is 0 Å². The lowest BCUT2D eigenvalue weighted by Gasteiger charge is -2.27. The summed E-state index contributed by atoms with van der Waals surface area (Å²) in [4.78, 5) is 26.3. The van der Waals surface area contributed by atoms with E-state index in [4.69, 9.17) is 4.74 Å². The second-order valence-electron chi connectivity index (χ2n) is 5.44. The standard InChI is InChI=1S/C14H19NO3/c1-3-5-8-15-12(16)10-9-6-7-14(4-2,18-9)11(10)13(15)17/h6-7,9-11H,3-5,8H2,1-2H3. The number of amides is 2. The topological polar surface area (TPSA) is 46.6 Å². The lowest BCUT2D eigenvalue weighted by atomic mass is 9.76. The van der Waals surface area contributed by atoms with Crippen molar-refractivity contribution in [3.05, 3.63) is 12.2 Å². The van der Waals surface area contributed by atoms with Crippen molar-refractivity contribution in [3.8, 4) is 0 Å². The first-order valence-corrected chi connectivity index (χ1v) is 6.87. The zero-order valence-electron chi connectivity index (χ0n) is 10.9. The molecule has 3 heterocycles. The number of carbonyl (C=O) groups is 2. The molecule has 0 radical (unpaired) electrons. The summed E-state index contributed by atoms with van der Waals surface area (Å²) in [5.74, 6) is -0.587. The van der Waals surface area contributed by atoms with Crippen LogP contribution in [0.4, 0.5) is 0 Å². The first kappa shape index (κ1) is 11.9. The van der Waals surface area contributed by atoms with E-state index >= 15 is 0 Å². The van der Waals surface area contributed by atoms with Gasteiger partial charge in [0.2, 0.25) is 11.8 Å². The Morgan fingerprint density at radius 3 is 2.78 bits per heavy atom. The molecule has 3 aliphatic rings. The van der Waals surface area contributed by atoms with Gasteiger partial charge in [-0.05, 0) is 12.8 Å². The number of nitrogens with zero attached hydrogens (tertiary/aromatic N) is 1. The Morgan fingerprint density at radius 1 is 1.33 bits per heavy atom. The first-order chi connectivity index (χ1) is 8.64. The summed E-state index contributed by atoms with van der Waals surface area (Å²) >= 11 is 0. The maximum absolute atomic E-state index is 12.4. The molecule has 3 rings (SSSR count). The number of imide groups is 1. The van der Waals surface area contributed by atoms with Crippen LogP contribution in [0.5, 0.6) is 0 Å². The summed E-state index contributed by atoms with van der Waals surface area (Å²) in [6.07, 6.45) is 6.39. The van der Waals surface area contributed by atoms with Crippen LogP contribution < -0.4 is 0 Å². The van der Waals surface area contributed by atoms with E-state index in [1.54, 1.807) is 0 Å². The molecule has 0 aromatic heterocycles. The second kappa shape index (κ2) is 3.92. The average Bonchev–Trinajstić information content (AvgIpc) is 3.00. The summed E-state index contributed by atoms with van der Waals surface area (Å²) < 4.78 is 5.89. The highest BCUT2D eigenvalue weighted by molar-refractivity contribution is 6.07. The monoisotopic (exact) mass is 249 g/mol. The average molecular weight is 249 g/mol. The molecule has 98 valence electrons. The number of carbonyl (C=O) groups excluding carboxylic acids is 2. The highest BCUT2D eigenvalue weighted by atomic mass is 16.5. The third kappa shape index (κ3) is 1.30. The number of hydrogen-bond acceptors (Lipinski definition) is 3. The van der Waals surface area contributed by atoms with E-state index in [-0.39, 0.29) is 29.8 Å². The molecule has 0 aliphatic carbocycles. The Balaban J connectivity index is 1.90. The highest BCUT2D eigenvalue weighted by Gasteiger charge is 2.66. The molecular weight excluding hydrogens is 230 g/mol. The van der Waals surface area contributed by atoms with E-state index in [2.05, 4.69) is 6.92 Å². The van der Waals surface area contributed by atoms with Crippen LogP contribution in [0.2, 0.25) is 0 Å². The van der Waals surface area contributed by atoms with Crippen LogP contribution in [-0.2, 0) is 14.3 Å². The molecule has 2 fully saturated rings. The summed E-state index contributed by atoms with van der Waals surface area (Å²) in [7, 11) is 0. The van der Waals surface area contributed by atoms with Crippen molar-refractivity contribution in [2.75, 3.05) is 6.54 Å². The predicted molar refractivity (Wildman–Crippen MR) is 65.6 cm³/mol. The van der Waals surface area contributed by atoms with E-state index in [1.165, 1.54) is 4.90 Å². The molecule has 2 saturated heterocycles. The van der Waals surface area contributed by atoms with Crippen molar-refractivity contribution in [1.82, 2.24) is 4.90 Å². The van der Waals surface area contributed by atoms with Gasteiger partial charge in [0.1, 0.15) is 0 Å². The molecule has 4 nitrogen and oxygen atoms in total. The van der Waals surface area contributed by atoms with Gasteiger partial charge < -0.3 is 4.74 Å². The molecule has 4 unspecified atom stereocenters. The van der Waals surface area contributed by atoms with Crippen LogP contribution in [0.3, 0.4) is 0 Å². The van der Waals surface area contributed by atoms with Gasteiger partial charge in [-0.15, -0.1) is 0 Å². The molecule has 4 heteroatoms. The fraction of sp³-hybridized carbons (Fsp3) is 0.714. The number of ether oxygens (including phenoxy) is 1. The molecule has 2 bridgehead atoms. The third-order valence-electron chi connectivity index (χ3n) is 4.53. The van der Waals surface area contributed by atoms with Gasteiger partial charge in [-0.25, -0.2) is 0 Å². The Bertz CT molecular complexity index is 431. The van der Waals surface area contributed by atoms with Crippen molar-refractivity contribution in [3.63, 3.8) is 0 Å². The molecular formula is C14H19NO3. The van der Waals surface area contributed by atoms with E-state index in [9.17, 15) is 9.59 Å². The molecule has 0 N–H and O–H groups in total. The highest BCUT2D eigenvalue weighted by Crippen LogP contribution is 2.53. The molecule has 2 amide bonds. The Morgan fingerprint density at radius 2 is 2.11 bits per heavy atom. The summed E-state index contributed by atoms with van der Waals surface area (Å²) in [6.45, 7) is 4.64. The van der Waals surface area contributed by atoms with Crippen LogP contribution >= 0.6 is 0 Å². The van der Waals surface area contributed by atoms with E-state index < -0.39 is 5.60 Å². The maximum Gasteiger partial charge on any atom is 0.236 e. The molecule has 0 spiro atoms. The second-order valence-corrected chi connectivity index (χ2v) is 5.44. The lowest BCUT2D eigenvalue weighted by molar-refractivity contribution is -0.144. The first-order valence-electron chi connectivity index (χ1n) is 6.87. The summed E-state index contributed by atoms with van der Waals surface area (Å²) in [5.41, 5.74) is -0.511. The molecule has 18 heavy (non-hydrogen) atoms. The number of likely N-dealkylation sites (tertiary alicyclic amines) is 1. The zero-order chi connectivity index (χ0) is 12.9. The maximum atomic E-state index is 12.4. The van der Waals surface area contributed by atoms with Gasteiger partial charge in [0.15, 0.2) is 0 Å². The molecule has 4 atom stereocenters. The number of fused-ring (bicyclic) bond motifs is 5. The number of hydrogen-bond donors (Lipinski definition) is 0. The van der Waals surface area contributed by atoms with Gasteiger partial charge in [-0.3, -0.25) is 14.5 Å². The van der Waals surface area contributed by atoms with Crippen molar-refractivity contribution in [2.24, 2.45) is 11.8 Å². The summed E-state index contributed by atoms with van der Waals surface area (Å²) in [6, 6.07) is 0. The van der Waals surface area contributed by atoms with Gasteiger partial charge in [0.25, 0.3) is 0 Å². The van der Waals surface area contributed by atoms with Gasteiger partial charge in [0.05, 0.1) is 23.5 Å². The van der Waals surface area contributed by atoms with Crippen LogP contribution in [-0.4, -0.2) is 35.0 Å². The minimum Gasteiger partial charge on any atom is -0.362 e. The van der Waals surface area contributed by atoms with Gasteiger partial charge >= 0.3 is 0 Å². The smallest absolute Gasteiger partial charge is 0.236 e. The molecule has 3 aliphatic heterocycles.